The summed E-state index contributed by atoms with van der Waals surface area (Å²) < 4.78 is 27.2. The van der Waals surface area contributed by atoms with Crippen LogP contribution >= 0.6 is 0 Å². The maximum Gasteiger partial charge on any atom is 0.289 e. The fourth-order valence-electron chi connectivity index (χ4n) is 2.96. The van der Waals surface area contributed by atoms with Gasteiger partial charge in [-0.25, -0.2) is 8.42 Å². The lowest BCUT2D eigenvalue weighted by Crippen LogP contribution is -2.42. The number of aryl methyl sites for hydroxylation is 2. The van der Waals surface area contributed by atoms with E-state index >= 15 is 0 Å². The van der Waals surface area contributed by atoms with Crippen LogP contribution in [-0.4, -0.2) is 44.3 Å². The molecule has 0 aromatic heterocycles. The second kappa shape index (κ2) is 6.94. The van der Waals surface area contributed by atoms with Gasteiger partial charge >= 0.3 is 0 Å². The normalized spacial score (nSPS) is 19.7. The summed E-state index contributed by atoms with van der Waals surface area (Å²) in [4.78, 5) is 10.5. The van der Waals surface area contributed by atoms with Crippen LogP contribution in [0.15, 0.2) is 17.0 Å². The van der Waals surface area contributed by atoms with E-state index in [0.29, 0.717) is 18.7 Å². The van der Waals surface area contributed by atoms with Gasteiger partial charge in [0.25, 0.3) is 5.69 Å². The van der Waals surface area contributed by atoms with Gasteiger partial charge in [0.2, 0.25) is 10.0 Å². The van der Waals surface area contributed by atoms with Crippen molar-refractivity contribution >= 4 is 15.7 Å². The van der Waals surface area contributed by atoms with Crippen LogP contribution in [0.1, 0.15) is 24.0 Å². The van der Waals surface area contributed by atoms with E-state index in [1.54, 1.807) is 13.8 Å². The Hall–Kier alpha value is -1.51. The number of nitrogens with zero attached hydrogens (tertiary/aromatic N) is 2. The molecular formula is C15H23N3O4S. The van der Waals surface area contributed by atoms with Gasteiger partial charge in [0, 0.05) is 19.2 Å². The topological polar surface area (TPSA) is 92.6 Å². The third-order valence-electron chi connectivity index (χ3n) is 4.36. The number of nitro benzene ring substituents is 1. The van der Waals surface area contributed by atoms with Crippen molar-refractivity contribution in [2.24, 2.45) is 5.92 Å². The molecule has 1 aliphatic rings. The average Bonchev–Trinajstić information content (AvgIpc) is 2.50. The predicted molar refractivity (Wildman–Crippen MR) is 88.0 cm³/mol. The van der Waals surface area contributed by atoms with Crippen molar-refractivity contribution in [2.75, 3.05) is 26.7 Å². The van der Waals surface area contributed by atoms with Crippen LogP contribution < -0.4 is 5.32 Å². The summed E-state index contributed by atoms with van der Waals surface area (Å²) in [5, 5.41) is 14.4. The van der Waals surface area contributed by atoms with Gasteiger partial charge < -0.3 is 5.32 Å². The molecule has 1 heterocycles. The number of nitrogens with one attached hydrogen (secondary N) is 1. The van der Waals surface area contributed by atoms with Crippen LogP contribution in [0.2, 0.25) is 0 Å². The van der Waals surface area contributed by atoms with E-state index < -0.39 is 14.9 Å². The molecule has 2 rings (SSSR count). The zero-order valence-corrected chi connectivity index (χ0v) is 14.5. The number of nitro groups is 1. The third kappa shape index (κ3) is 3.70. The van der Waals surface area contributed by atoms with Gasteiger partial charge in [-0.05, 0) is 63.4 Å². The van der Waals surface area contributed by atoms with Gasteiger partial charge in [-0.15, -0.1) is 0 Å². The Labute approximate surface area is 136 Å². The second-order valence-corrected chi connectivity index (χ2v) is 8.00. The van der Waals surface area contributed by atoms with Gasteiger partial charge in [-0.3, -0.25) is 10.1 Å². The standard InChI is InChI=1S/C15H23N3O4S/c1-11-7-14(18(19)20)15(8-12(11)2)23(21,22)17-6-4-5-13(10-17)9-16-3/h7-8,13,16H,4-6,9-10H2,1-3H3. The lowest BCUT2D eigenvalue weighted by Gasteiger charge is -2.31. The smallest absolute Gasteiger partial charge is 0.289 e. The van der Waals surface area contributed by atoms with E-state index in [-0.39, 0.29) is 16.5 Å². The SMILES string of the molecule is CNCC1CCCN(S(=O)(=O)c2cc(C)c(C)cc2[N+](=O)[O-])C1. The largest absolute Gasteiger partial charge is 0.319 e. The van der Waals surface area contributed by atoms with E-state index in [1.165, 1.54) is 16.4 Å². The van der Waals surface area contributed by atoms with Crippen molar-refractivity contribution in [1.29, 1.82) is 0 Å². The van der Waals surface area contributed by atoms with Crippen LogP contribution in [0, 0.1) is 29.9 Å². The quantitative estimate of drug-likeness (QED) is 0.651. The first-order valence-corrected chi connectivity index (χ1v) is 9.11. The summed E-state index contributed by atoms with van der Waals surface area (Å²) >= 11 is 0. The molecule has 0 saturated carbocycles. The molecule has 23 heavy (non-hydrogen) atoms. The molecule has 0 amide bonds. The number of piperidine rings is 1. The molecule has 1 aliphatic heterocycles. The fraction of sp³-hybridized carbons (Fsp3) is 0.600. The summed E-state index contributed by atoms with van der Waals surface area (Å²) in [6.45, 7) is 5.04. The molecule has 8 heteroatoms. The minimum atomic E-state index is -3.86. The monoisotopic (exact) mass is 341 g/mol. The molecule has 0 bridgehead atoms. The Kier molecular flexibility index (Phi) is 5.38. The Morgan fingerprint density at radius 2 is 2.00 bits per heavy atom. The molecule has 1 atom stereocenters. The first kappa shape index (κ1) is 17.8. The lowest BCUT2D eigenvalue weighted by atomic mass is 10.00. The van der Waals surface area contributed by atoms with Crippen LogP contribution in [-0.2, 0) is 10.0 Å². The van der Waals surface area contributed by atoms with E-state index in [1.807, 2.05) is 7.05 Å². The summed E-state index contributed by atoms with van der Waals surface area (Å²) in [7, 11) is -2.03. The molecule has 1 saturated heterocycles. The second-order valence-electron chi connectivity index (χ2n) is 6.09. The zero-order chi connectivity index (χ0) is 17.2. The molecule has 1 N–H and O–H groups in total. The average molecular weight is 341 g/mol. The van der Waals surface area contributed by atoms with Crippen LogP contribution in [0.5, 0.6) is 0 Å². The first-order valence-electron chi connectivity index (χ1n) is 7.67. The molecule has 1 fully saturated rings. The molecule has 1 aromatic rings. The molecule has 0 radical (unpaired) electrons. The Balaban J connectivity index is 2.43. The van der Waals surface area contributed by atoms with Crippen molar-refractivity contribution in [1.82, 2.24) is 9.62 Å². The maximum absolute atomic E-state index is 12.9. The molecule has 7 nitrogen and oxygen atoms in total. The highest BCUT2D eigenvalue weighted by Crippen LogP contribution is 2.31. The molecule has 1 unspecified atom stereocenters. The summed E-state index contributed by atoms with van der Waals surface area (Å²) in [6.07, 6.45) is 1.73. The van der Waals surface area contributed by atoms with Gasteiger partial charge in [-0.1, -0.05) is 0 Å². The van der Waals surface area contributed by atoms with E-state index in [0.717, 1.165) is 24.9 Å². The Morgan fingerprint density at radius 3 is 2.61 bits per heavy atom. The van der Waals surface area contributed by atoms with Crippen molar-refractivity contribution in [3.8, 4) is 0 Å². The Bertz CT molecular complexity index is 701. The molecule has 0 spiro atoms. The molecule has 128 valence electrons. The number of hydrogen-bond acceptors (Lipinski definition) is 5. The molecule has 0 aliphatic carbocycles. The highest BCUT2D eigenvalue weighted by Gasteiger charge is 2.35. The molecular weight excluding hydrogens is 318 g/mol. The van der Waals surface area contributed by atoms with Crippen molar-refractivity contribution in [3.05, 3.63) is 33.4 Å². The minimum absolute atomic E-state index is 0.198. The number of hydrogen-bond donors (Lipinski definition) is 1. The fourth-order valence-corrected chi connectivity index (χ4v) is 4.74. The van der Waals surface area contributed by atoms with Crippen LogP contribution in [0.4, 0.5) is 5.69 Å². The van der Waals surface area contributed by atoms with Crippen LogP contribution in [0.3, 0.4) is 0 Å². The Morgan fingerprint density at radius 1 is 1.35 bits per heavy atom. The minimum Gasteiger partial charge on any atom is -0.319 e. The zero-order valence-electron chi connectivity index (χ0n) is 13.7. The van der Waals surface area contributed by atoms with Gasteiger partial charge in [0.1, 0.15) is 0 Å². The predicted octanol–water partition coefficient (Wildman–Crippen LogP) is 1.83. The maximum atomic E-state index is 12.9. The summed E-state index contributed by atoms with van der Waals surface area (Å²) in [5.41, 5.74) is 1.10. The van der Waals surface area contributed by atoms with Crippen molar-refractivity contribution in [3.63, 3.8) is 0 Å². The lowest BCUT2D eigenvalue weighted by molar-refractivity contribution is -0.387. The van der Waals surface area contributed by atoms with Gasteiger partial charge in [0.15, 0.2) is 4.90 Å². The highest BCUT2D eigenvalue weighted by atomic mass is 32.2. The summed E-state index contributed by atoms with van der Waals surface area (Å²) in [5.74, 6) is 0.231. The van der Waals surface area contributed by atoms with E-state index in [2.05, 4.69) is 5.32 Å². The third-order valence-corrected chi connectivity index (χ3v) is 6.26. The first-order chi connectivity index (χ1) is 10.8. The molecule has 1 aromatic carbocycles. The number of benzene rings is 1. The van der Waals surface area contributed by atoms with Crippen molar-refractivity contribution < 1.29 is 13.3 Å². The van der Waals surface area contributed by atoms with E-state index in [9.17, 15) is 18.5 Å². The van der Waals surface area contributed by atoms with E-state index in [4.69, 9.17) is 0 Å². The van der Waals surface area contributed by atoms with Gasteiger partial charge in [0.05, 0.1) is 4.92 Å². The number of sulfonamides is 1. The highest BCUT2D eigenvalue weighted by molar-refractivity contribution is 7.89. The van der Waals surface area contributed by atoms with Gasteiger partial charge in [-0.2, -0.15) is 4.31 Å². The van der Waals surface area contributed by atoms with Crippen molar-refractivity contribution in [2.45, 2.75) is 31.6 Å². The number of rotatable bonds is 5. The summed E-state index contributed by atoms with van der Waals surface area (Å²) in [6, 6.07) is 2.77. The van der Waals surface area contributed by atoms with Crippen LogP contribution in [0.25, 0.3) is 0 Å².